The molecule has 118 valence electrons. The van der Waals surface area contributed by atoms with Crippen molar-refractivity contribution in [3.63, 3.8) is 0 Å². The molecule has 1 saturated heterocycles. The molecule has 1 aliphatic rings. The lowest BCUT2D eigenvalue weighted by molar-refractivity contribution is -0.142. The van der Waals surface area contributed by atoms with Crippen LogP contribution in [0.1, 0.15) is 25.6 Å². The predicted molar refractivity (Wildman–Crippen MR) is 73.4 cm³/mol. The molecule has 1 aromatic rings. The molecule has 10 heteroatoms. The number of carboxylic acid groups (broad SMARTS) is 1. The fourth-order valence-corrected chi connectivity index (χ4v) is 3.53. The maximum atomic E-state index is 12.2. The molecule has 0 aliphatic carbocycles. The van der Waals surface area contributed by atoms with E-state index in [1.54, 1.807) is 4.57 Å². The van der Waals surface area contributed by atoms with Crippen LogP contribution in [0.5, 0.6) is 0 Å². The van der Waals surface area contributed by atoms with Crippen molar-refractivity contribution in [2.45, 2.75) is 32.9 Å². The highest BCUT2D eigenvalue weighted by Crippen LogP contribution is 2.18. The van der Waals surface area contributed by atoms with Gasteiger partial charge in [-0.25, -0.2) is 0 Å². The van der Waals surface area contributed by atoms with E-state index in [1.165, 1.54) is 10.6 Å². The lowest BCUT2D eigenvalue weighted by Crippen LogP contribution is -2.47. The molecule has 9 nitrogen and oxygen atoms in total. The second-order valence-corrected chi connectivity index (χ2v) is 6.65. The van der Waals surface area contributed by atoms with Gasteiger partial charge in [0.25, 0.3) is 10.2 Å². The summed E-state index contributed by atoms with van der Waals surface area (Å²) in [5.41, 5.74) is 0. The predicted octanol–water partition coefficient (Wildman–Crippen LogP) is -0.571. The van der Waals surface area contributed by atoms with Crippen LogP contribution < -0.4 is 4.72 Å². The Morgan fingerprint density at radius 3 is 3.00 bits per heavy atom. The smallest absolute Gasteiger partial charge is 0.307 e. The molecule has 0 spiro atoms. The Morgan fingerprint density at radius 2 is 2.33 bits per heavy atom. The van der Waals surface area contributed by atoms with Crippen molar-refractivity contribution in [1.29, 1.82) is 0 Å². The average Bonchev–Trinajstić information content (AvgIpc) is 2.93. The second kappa shape index (κ2) is 6.50. The first-order valence-electron chi connectivity index (χ1n) is 6.78. The summed E-state index contributed by atoms with van der Waals surface area (Å²) in [6.07, 6.45) is 2.58. The van der Waals surface area contributed by atoms with Gasteiger partial charge in [-0.3, -0.25) is 4.79 Å². The Bertz CT molecular complexity index is 600. The average molecular weight is 317 g/mol. The summed E-state index contributed by atoms with van der Waals surface area (Å²) in [6.45, 7) is 2.92. The van der Waals surface area contributed by atoms with Crippen LogP contribution in [0.25, 0.3) is 0 Å². The van der Waals surface area contributed by atoms with E-state index in [0.717, 1.165) is 0 Å². The minimum Gasteiger partial charge on any atom is -0.481 e. The highest BCUT2D eigenvalue weighted by atomic mass is 32.2. The van der Waals surface area contributed by atoms with E-state index in [9.17, 15) is 13.2 Å². The van der Waals surface area contributed by atoms with Crippen LogP contribution in [0.4, 0.5) is 0 Å². The summed E-state index contributed by atoms with van der Waals surface area (Å²) < 4.78 is 29.8. The molecule has 2 rings (SSSR count). The van der Waals surface area contributed by atoms with E-state index in [4.69, 9.17) is 5.11 Å². The summed E-state index contributed by atoms with van der Waals surface area (Å²) in [4.78, 5) is 11.0. The standard InChI is InChI=1S/C11H19N5O4S/c1-2-15-8-12-14-10(15)6-13-21(19,20)16-5-3-4-9(7-16)11(17)18/h8-9,13H,2-7H2,1H3,(H,17,18). The molecule has 1 unspecified atom stereocenters. The number of piperidine rings is 1. The first-order chi connectivity index (χ1) is 9.94. The van der Waals surface area contributed by atoms with Gasteiger partial charge in [0.15, 0.2) is 0 Å². The number of carbonyl (C=O) groups is 1. The van der Waals surface area contributed by atoms with Gasteiger partial charge in [0, 0.05) is 19.6 Å². The minimum absolute atomic E-state index is 0.00509. The van der Waals surface area contributed by atoms with E-state index in [2.05, 4.69) is 14.9 Å². The van der Waals surface area contributed by atoms with Crippen LogP contribution in [-0.2, 0) is 28.1 Å². The van der Waals surface area contributed by atoms with Crippen molar-refractivity contribution in [1.82, 2.24) is 23.8 Å². The van der Waals surface area contributed by atoms with E-state index in [-0.39, 0.29) is 13.1 Å². The Labute approximate surface area is 123 Å². The molecule has 0 amide bonds. The number of hydrogen-bond donors (Lipinski definition) is 2. The zero-order valence-electron chi connectivity index (χ0n) is 11.8. The number of aryl methyl sites for hydroxylation is 1. The van der Waals surface area contributed by atoms with E-state index in [0.29, 0.717) is 31.8 Å². The lowest BCUT2D eigenvalue weighted by atomic mass is 10.0. The van der Waals surface area contributed by atoms with Gasteiger partial charge in [-0.05, 0) is 19.8 Å². The van der Waals surface area contributed by atoms with Crippen molar-refractivity contribution < 1.29 is 18.3 Å². The molecule has 0 bridgehead atoms. The molecular weight excluding hydrogens is 298 g/mol. The number of aliphatic carboxylic acids is 1. The molecule has 1 aliphatic heterocycles. The Hall–Kier alpha value is -1.52. The summed E-state index contributed by atoms with van der Waals surface area (Å²) >= 11 is 0. The molecule has 1 atom stereocenters. The molecule has 2 heterocycles. The zero-order valence-corrected chi connectivity index (χ0v) is 12.6. The van der Waals surface area contributed by atoms with Crippen molar-refractivity contribution in [3.8, 4) is 0 Å². The third kappa shape index (κ3) is 3.77. The topological polar surface area (TPSA) is 117 Å². The van der Waals surface area contributed by atoms with Gasteiger partial charge in [0.1, 0.15) is 12.2 Å². The SMILES string of the molecule is CCn1cnnc1CNS(=O)(=O)N1CCCC(C(=O)O)C1. The molecular formula is C11H19N5O4S. The van der Waals surface area contributed by atoms with Crippen LogP contribution >= 0.6 is 0 Å². The fraction of sp³-hybridized carbons (Fsp3) is 0.727. The van der Waals surface area contributed by atoms with Gasteiger partial charge in [0.05, 0.1) is 12.5 Å². The number of nitrogens with zero attached hydrogens (tertiary/aromatic N) is 4. The second-order valence-electron chi connectivity index (χ2n) is 4.89. The van der Waals surface area contributed by atoms with E-state index in [1.807, 2.05) is 6.92 Å². The maximum absolute atomic E-state index is 12.2. The third-order valence-corrected chi connectivity index (χ3v) is 5.04. The van der Waals surface area contributed by atoms with Gasteiger partial charge >= 0.3 is 5.97 Å². The highest BCUT2D eigenvalue weighted by Gasteiger charge is 2.32. The van der Waals surface area contributed by atoms with Crippen LogP contribution in [0.3, 0.4) is 0 Å². The van der Waals surface area contributed by atoms with Gasteiger partial charge < -0.3 is 9.67 Å². The molecule has 0 radical (unpaired) electrons. The third-order valence-electron chi connectivity index (χ3n) is 3.52. The first kappa shape index (κ1) is 15.9. The van der Waals surface area contributed by atoms with Crippen LogP contribution in [0.15, 0.2) is 6.33 Å². The normalized spacial score (nSPS) is 20.5. The van der Waals surface area contributed by atoms with Crippen LogP contribution in [0, 0.1) is 5.92 Å². The van der Waals surface area contributed by atoms with Gasteiger partial charge in [0.2, 0.25) is 0 Å². The molecule has 2 N–H and O–H groups in total. The van der Waals surface area contributed by atoms with E-state index >= 15 is 0 Å². The van der Waals surface area contributed by atoms with Gasteiger partial charge in [-0.1, -0.05) is 0 Å². The van der Waals surface area contributed by atoms with Crippen LogP contribution in [0.2, 0.25) is 0 Å². The molecule has 21 heavy (non-hydrogen) atoms. The quantitative estimate of drug-likeness (QED) is 0.725. The van der Waals surface area contributed by atoms with Gasteiger partial charge in [-0.15, -0.1) is 10.2 Å². The number of rotatable bonds is 6. The first-order valence-corrected chi connectivity index (χ1v) is 8.22. The molecule has 1 aromatic heterocycles. The van der Waals surface area contributed by atoms with Gasteiger partial charge in [-0.2, -0.15) is 17.4 Å². The number of nitrogens with one attached hydrogen (secondary N) is 1. The largest absolute Gasteiger partial charge is 0.481 e. The monoisotopic (exact) mass is 317 g/mol. The lowest BCUT2D eigenvalue weighted by Gasteiger charge is -2.29. The summed E-state index contributed by atoms with van der Waals surface area (Å²) in [5, 5.41) is 16.6. The molecule has 0 saturated carbocycles. The molecule has 0 aromatic carbocycles. The van der Waals surface area contributed by atoms with Crippen LogP contribution in [-0.4, -0.2) is 51.7 Å². The fourth-order valence-electron chi connectivity index (χ4n) is 2.29. The maximum Gasteiger partial charge on any atom is 0.307 e. The van der Waals surface area contributed by atoms with Crippen molar-refractivity contribution in [3.05, 3.63) is 12.2 Å². The zero-order chi connectivity index (χ0) is 15.5. The minimum atomic E-state index is -3.71. The molecule has 1 fully saturated rings. The van der Waals surface area contributed by atoms with Crippen molar-refractivity contribution in [2.24, 2.45) is 5.92 Å². The number of hydrogen-bond acceptors (Lipinski definition) is 5. The summed E-state index contributed by atoms with van der Waals surface area (Å²) in [5.74, 6) is -1.08. The van der Waals surface area contributed by atoms with E-state index < -0.39 is 22.1 Å². The Morgan fingerprint density at radius 1 is 1.57 bits per heavy atom. The van der Waals surface area contributed by atoms with Crippen molar-refractivity contribution >= 4 is 16.2 Å². The highest BCUT2D eigenvalue weighted by molar-refractivity contribution is 7.87. The number of carboxylic acids is 1. The Balaban J connectivity index is 1.99. The van der Waals surface area contributed by atoms with Crippen molar-refractivity contribution in [2.75, 3.05) is 13.1 Å². The number of aromatic nitrogens is 3. The summed E-state index contributed by atoms with van der Waals surface area (Å²) in [6, 6.07) is 0. The summed E-state index contributed by atoms with van der Waals surface area (Å²) in [7, 11) is -3.71. The Kier molecular flexibility index (Phi) is 4.91.